The Bertz CT molecular complexity index is 1470. The Hall–Kier alpha value is -4.64. The van der Waals surface area contributed by atoms with Gasteiger partial charge in [0.05, 0.1) is 30.2 Å². The topological polar surface area (TPSA) is 118 Å². The summed E-state index contributed by atoms with van der Waals surface area (Å²) in [5, 5.41) is 13.8. The van der Waals surface area contributed by atoms with Crippen molar-refractivity contribution >= 4 is 29.1 Å². The number of halogens is 1. The number of hydrogen-bond donors (Lipinski definition) is 2. The Morgan fingerprint density at radius 3 is 2.62 bits per heavy atom. The number of amides is 1. The number of anilines is 3. The van der Waals surface area contributed by atoms with Gasteiger partial charge in [0.15, 0.2) is 0 Å². The highest BCUT2D eigenvalue weighted by atomic mass is 19.1. The van der Waals surface area contributed by atoms with Crippen LogP contribution in [0, 0.1) is 5.82 Å². The van der Waals surface area contributed by atoms with Gasteiger partial charge in [-0.2, -0.15) is 0 Å². The van der Waals surface area contributed by atoms with E-state index in [0.29, 0.717) is 49.0 Å². The highest BCUT2D eigenvalue weighted by Crippen LogP contribution is 2.30. The van der Waals surface area contributed by atoms with Crippen LogP contribution >= 0.6 is 0 Å². The molecule has 0 unspecified atom stereocenters. The maximum absolute atomic E-state index is 14.7. The van der Waals surface area contributed by atoms with Gasteiger partial charge in [0.2, 0.25) is 6.17 Å². The first-order valence-corrected chi connectivity index (χ1v) is 11.8. The van der Waals surface area contributed by atoms with Gasteiger partial charge in [-0.1, -0.05) is 47.6 Å². The zero-order valence-corrected chi connectivity index (χ0v) is 19.6. The minimum atomic E-state index is -1.15. The summed E-state index contributed by atoms with van der Waals surface area (Å²) in [5.41, 5.74) is 2.39. The molecule has 0 radical (unpaired) electrons. The molecule has 2 aromatic carbocycles. The van der Waals surface area contributed by atoms with Crippen molar-refractivity contribution in [2.45, 2.75) is 6.17 Å². The van der Waals surface area contributed by atoms with E-state index in [1.165, 1.54) is 6.07 Å². The third-order valence-corrected chi connectivity index (χ3v) is 6.08. The van der Waals surface area contributed by atoms with Crippen molar-refractivity contribution in [1.82, 2.24) is 15.2 Å². The summed E-state index contributed by atoms with van der Waals surface area (Å²) in [4.78, 5) is 24.3. The molecule has 4 aromatic rings. The van der Waals surface area contributed by atoms with Crippen molar-refractivity contribution in [2.24, 2.45) is 4.99 Å². The molecule has 2 aromatic heterocycles. The highest BCUT2D eigenvalue weighted by Gasteiger charge is 2.29. The summed E-state index contributed by atoms with van der Waals surface area (Å²) in [6, 6.07) is 17.5. The van der Waals surface area contributed by atoms with Gasteiger partial charge in [-0.3, -0.25) is 4.79 Å². The average molecular weight is 500 g/mol. The Balaban J connectivity index is 1.33. The van der Waals surface area contributed by atoms with Crippen molar-refractivity contribution in [3.63, 3.8) is 0 Å². The summed E-state index contributed by atoms with van der Waals surface area (Å²) >= 11 is 0. The molecule has 2 N–H and O–H groups in total. The Morgan fingerprint density at radius 2 is 1.78 bits per heavy atom. The predicted octanol–water partition coefficient (Wildman–Crippen LogP) is 3.34. The predicted molar refractivity (Wildman–Crippen MR) is 135 cm³/mol. The summed E-state index contributed by atoms with van der Waals surface area (Å²) in [7, 11) is 0. The molecule has 10 nitrogen and oxygen atoms in total. The molecule has 6 rings (SSSR count). The number of aromatic nitrogens is 3. The summed E-state index contributed by atoms with van der Waals surface area (Å²) in [5.74, 6) is -0.161. The molecule has 2 aliphatic heterocycles. The first kappa shape index (κ1) is 22.8. The number of benzodiazepines with no additional fused rings is 1. The number of pyridine rings is 1. The van der Waals surface area contributed by atoms with Crippen molar-refractivity contribution in [3.05, 3.63) is 83.8 Å². The number of rotatable bonds is 5. The van der Waals surface area contributed by atoms with Crippen molar-refractivity contribution < 1.29 is 18.3 Å². The Morgan fingerprint density at radius 1 is 0.973 bits per heavy atom. The number of carbonyl (C=O) groups excluding carboxylic acids is 1. The SMILES string of the molecule is O=C1Nc2c(F)cccc2C(c2ccccc2)=N[C@H]1Nc1nnc(-c2cccnc2N2CCOCC2)o1. The zero-order chi connectivity index (χ0) is 25.2. The molecule has 0 spiro atoms. The van der Waals surface area contributed by atoms with Crippen LogP contribution in [0.4, 0.5) is 21.9 Å². The minimum Gasteiger partial charge on any atom is -0.403 e. The Labute approximate surface area is 211 Å². The monoisotopic (exact) mass is 499 g/mol. The van der Waals surface area contributed by atoms with Crippen LogP contribution in [-0.2, 0) is 9.53 Å². The van der Waals surface area contributed by atoms with E-state index >= 15 is 0 Å². The molecule has 186 valence electrons. The lowest BCUT2D eigenvalue weighted by atomic mass is 10.0. The molecule has 1 saturated heterocycles. The van der Waals surface area contributed by atoms with E-state index in [2.05, 4.69) is 35.7 Å². The standard InChI is InChI=1S/C26H22FN7O3/c27-19-10-4-8-17-20(16-6-2-1-3-7-16)29-22(24(35)30-21(17)19)31-26-33-32-25(37-26)18-9-5-11-28-23(18)34-12-14-36-15-13-34/h1-11,22H,12-15H2,(H,30,35)(H,31,33)/t22-/m0/s1. The molecule has 0 saturated carbocycles. The van der Waals surface area contributed by atoms with Crippen LogP contribution in [0.3, 0.4) is 0 Å². The number of nitrogens with one attached hydrogen (secondary N) is 2. The second-order valence-electron chi connectivity index (χ2n) is 8.43. The second kappa shape index (κ2) is 9.78. The largest absolute Gasteiger partial charge is 0.403 e. The van der Waals surface area contributed by atoms with Crippen molar-refractivity contribution in [1.29, 1.82) is 0 Å². The first-order chi connectivity index (χ1) is 18.2. The van der Waals surface area contributed by atoms with Gasteiger partial charge in [0.1, 0.15) is 11.6 Å². The highest BCUT2D eigenvalue weighted by molar-refractivity contribution is 6.19. The number of ether oxygens (including phenoxy) is 1. The molecule has 1 atom stereocenters. The van der Waals surface area contributed by atoms with E-state index in [0.717, 1.165) is 5.56 Å². The number of hydrogen-bond acceptors (Lipinski definition) is 9. The van der Waals surface area contributed by atoms with Crippen LogP contribution in [0.25, 0.3) is 11.5 Å². The van der Waals surface area contributed by atoms with Gasteiger partial charge in [0, 0.05) is 30.4 Å². The fraction of sp³-hybridized carbons (Fsp3) is 0.192. The number of benzene rings is 2. The van der Waals surface area contributed by atoms with Gasteiger partial charge < -0.3 is 24.7 Å². The lowest BCUT2D eigenvalue weighted by Crippen LogP contribution is -2.37. The third-order valence-electron chi connectivity index (χ3n) is 6.08. The molecule has 0 aliphatic carbocycles. The molecule has 37 heavy (non-hydrogen) atoms. The van der Waals surface area contributed by atoms with E-state index in [-0.39, 0.29) is 17.6 Å². The van der Waals surface area contributed by atoms with E-state index in [1.807, 2.05) is 36.4 Å². The number of carbonyl (C=O) groups is 1. The molecule has 11 heteroatoms. The number of morpholine rings is 1. The summed E-state index contributed by atoms with van der Waals surface area (Å²) in [6.45, 7) is 2.60. The number of fused-ring (bicyclic) bond motifs is 1. The fourth-order valence-corrected chi connectivity index (χ4v) is 4.32. The molecule has 1 amide bonds. The maximum Gasteiger partial charge on any atom is 0.317 e. The molecular formula is C26H22FN7O3. The second-order valence-corrected chi connectivity index (χ2v) is 8.43. The van der Waals surface area contributed by atoms with Gasteiger partial charge in [-0.15, -0.1) is 5.10 Å². The summed E-state index contributed by atoms with van der Waals surface area (Å²) < 4.78 is 26.0. The molecule has 1 fully saturated rings. The Kier molecular flexibility index (Phi) is 6.03. The maximum atomic E-state index is 14.7. The quantitative estimate of drug-likeness (QED) is 0.429. The minimum absolute atomic E-state index is 0.00507. The average Bonchev–Trinajstić information content (AvgIpc) is 3.36. The summed E-state index contributed by atoms with van der Waals surface area (Å²) in [6.07, 6.45) is 0.555. The van der Waals surface area contributed by atoms with Gasteiger partial charge >= 0.3 is 6.01 Å². The van der Waals surface area contributed by atoms with Crippen LogP contribution in [0.5, 0.6) is 0 Å². The van der Waals surface area contributed by atoms with Crippen molar-refractivity contribution in [2.75, 3.05) is 41.8 Å². The fourth-order valence-electron chi connectivity index (χ4n) is 4.32. The zero-order valence-electron chi connectivity index (χ0n) is 19.6. The van der Waals surface area contributed by atoms with Gasteiger partial charge in [-0.25, -0.2) is 14.4 Å². The number of para-hydroxylation sites is 1. The van der Waals surface area contributed by atoms with Gasteiger partial charge in [0.25, 0.3) is 11.8 Å². The lowest BCUT2D eigenvalue weighted by molar-refractivity contribution is -0.116. The van der Waals surface area contributed by atoms with E-state index < -0.39 is 17.9 Å². The van der Waals surface area contributed by atoms with E-state index in [1.54, 1.807) is 24.4 Å². The molecule has 4 heterocycles. The van der Waals surface area contributed by atoms with Crippen LogP contribution in [-0.4, -0.2) is 59.3 Å². The lowest BCUT2D eigenvalue weighted by Gasteiger charge is -2.28. The number of nitrogens with zero attached hydrogens (tertiary/aromatic N) is 5. The van der Waals surface area contributed by atoms with Crippen LogP contribution in [0.15, 0.2) is 76.3 Å². The van der Waals surface area contributed by atoms with E-state index in [4.69, 9.17) is 9.15 Å². The first-order valence-electron chi connectivity index (χ1n) is 11.8. The van der Waals surface area contributed by atoms with Crippen LogP contribution in [0.1, 0.15) is 11.1 Å². The van der Waals surface area contributed by atoms with Crippen LogP contribution in [0.2, 0.25) is 0 Å². The van der Waals surface area contributed by atoms with Crippen LogP contribution < -0.4 is 15.5 Å². The smallest absolute Gasteiger partial charge is 0.317 e. The van der Waals surface area contributed by atoms with E-state index in [9.17, 15) is 9.18 Å². The molecular weight excluding hydrogens is 477 g/mol. The van der Waals surface area contributed by atoms with Crippen molar-refractivity contribution in [3.8, 4) is 11.5 Å². The van der Waals surface area contributed by atoms with Gasteiger partial charge in [-0.05, 0) is 18.2 Å². The molecule has 2 aliphatic rings. The third kappa shape index (κ3) is 4.52. The normalized spacial score (nSPS) is 17.4. The number of aliphatic imine (C=N–C) groups is 1. The molecule has 0 bridgehead atoms.